The second kappa shape index (κ2) is 7.10. The molecule has 2 aromatic heterocycles. The van der Waals surface area contributed by atoms with Crippen LogP contribution in [0.25, 0.3) is 22.9 Å². The summed E-state index contributed by atoms with van der Waals surface area (Å²) in [5, 5.41) is 12.6. The van der Waals surface area contributed by atoms with Gasteiger partial charge in [0.1, 0.15) is 16.8 Å². The lowest BCUT2D eigenvalue weighted by Gasteiger charge is -1.96. The molecule has 0 N–H and O–H groups in total. The average Bonchev–Trinajstić information content (AvgIpc) is 3.24. The Balaban J connectivity index is 1.82. The van der Waals surface area contributed by atoms with E-state index in [4.69, 9.17) is 16.0 Å². The molecule has 112 valence electrons. The van der Waals surface area contributed by atoms with Gasteiger partial charge in [0.15, 0.2) is 0 Å². The Morgan fingerprint density at radius 2 is 2.09 bits per heavy atom. The third kappa shape index (κ3) is 3.78. The van der Waals surface area contributed by atoms with E-state index in [2.05, 4.69) is 11.1 Å². The Morgan fingerprint density at radius 1 is 1.26 bits per heavy atom. The molecule has 23 heavy (non-hydrogen) atoms. The Labute approximate surface area is 142 Å². The number of thiazole rings is 1. The average molecular weight is 339 g/mol. The van der Waals surface area contributed by atoms with Crippen molar-refractivity contribution >= 4 is 34.6 Å². The molecule has 3 aromatic rings. The number of benzene rings is 1. The molecular formula is C18H11ClN2OS. The summed E-state index contributed by atoms with van der Waals surface area (Å²) in [6.45, 7) is 0. The molecule has 0 aliphatic heterocycles. The van der Waals surface area contributed by atoms with Crippen molar-refractivity contribution in [2.24, 2.45) is 0 Å². The van der Waals surface area contributed by atoms with Gasteiger partial charge in [-0.25, -0.2) is 4.98 Å². The van der Waals surface area contributed by atoms with Crippen LogP contribution < -0.4 is 0 Å². The van der Waals surface area contributed by atoms with Crippen LogP contribution in [0.4, 0.5) is 0 Å². The van der Waals surface area contributed by atoms with Crippen LogP contribution in [0.1, 0.15) is 10.8 Å². The first-order valence-corrected chi connectivity index (χ1v) is 8.06. The van der Waals surface area contributed by atoms with Gasteiger partial charge in [-0.2, -0.15) is 5.26 Å². The number of aromatic nitrogens is 1. The number of hydrogen-bond donors (Lipinski definition) is 0. The molecular weight excluding hydrogens is 328 g/mol. The fourth-order valence-corrected chi connectivity index (χ4v) is 2.86. The zero-order valence-corrected chi connectivity index (χ0v) is 13.5. The highest BCUT2D eigenvalue weighted by Gasteiger charge is 2.08. The number of halogens is 1. The molecule has 0 aliphatic carbocycles. The number of furan rings is 1. The fraction of sp³-hybridized carbons (Fsp3) is 0. The van der Waals surface area contributed by atoms with E-state index in [1.54, 1.807) is 24.5 Å². The maximum Gasteiger partial charge on any atom is 0.134 e. The minimum absolute atomic E-state index is 0.512. The maximum atomic E-state index is 9.33. The molecule has 0 amide bonds. The van der Waals surface area contributed by atoms with Gasteiger partial charge in [0.25, 0.3) is 0 Å². The molecule has 1 aromatic carbocycles. The van der Waals surface area contributed by atoms with Crippen molar-refractivity contribution in [1.82, 2.24) is 4.98 Å². The standard InChI is InChI=1S/C18H11ClN2OS/c19-15-8-6-13(7-9-15)17-12-23-18(21-17)14(11-20)3-1-4-16-5-2-10-22-16/h1-10,12H/b4-1+,14-3+. The third-order valence-electron chi connectivity index (χ3n) is 3.06. The molecule has 5 heteroatoms. The van der Waals surface area contributed by atoms with Gasteiger partial charge in [-0.1, -0.05) is 29.8 Å². The van der Waals surface area contributed by atoms with Gasteiger partial charge in [0, 0.05) is 16.0 Å². The summed E-state index contributed by atoms with van der Waals surface area (Å²) in [5.74, 6) is 0.736. The normalized spacial score (nSPS) is 11.7. The van der Waals surface area contributed by atoms with Crippen LogP contribution in [0.2, 0.25) is 5.02 Å². The summed E-state index contributed by atoms with van der Waals surface area (Å²) in [7, 11) is 0. The third-order valence-corrected chi connectivity index (χ3v) is 4.19. The Kier molecular flexibility index (Phi) is 4.72. The van der Waals surface area contributed by atoms with Crippen LogP contribution in [-0.4, -0.2) is 4.98 Å². The second-order valence-corrected chi connectivity index (χ2v) is 5.91. The first-order valence-electron chi connectivity index (χ1n) is 6.80. The number of hydrogen-bond acceptors (Lipinski definition) is 4. The number of allylic oxidation sites excluding steroid dienone is 3. The minimum atomic E-state index is 0.512. The summed E-state index contributed by atoms with van der Waals surface area (Å²) in [6, 6.07) is 13.3. The smallest absolute Gasteiger partial charge is 0.134 e. The van der Waals surface area contributed by atoms with Gasteiger partial charge in [-0.15, -0.1) is 11.3 Å². The second-order valence-electron chi connectivity index (χ2n) is 4.61. The molecule has 0 fully saturated rings. The van der Waals surface area contributed by atoms with E-state index < -0.39 is 0 Å². The summed E-state index contributed by atoms with van der Waals surface area (Å²) in [4.78, 5) is 4.52. The number of nitriles is 1. The maximum absolute atomic E-state index is 9.33. The lowest BCUT2D eigenvalue weighted by atomic mass is 10.2. The Morgan fingerprint density at radius 3 is 2.78 bits per heavy atom. The molecule has 3 nitrogen and oxygen atoms in total. The molecule has 2 heterocycles. The van der Waals surface area contributed by atoms with Gasteiger partial charge in [0.2, 0.25) is 0 Å². The van der Waals surface area contributed by atoms with Crippen LogP contribution in [0, 0.1) is 11.3 Å². The van der Waals surface area contributed by atoms with Crippen LogP contribution in [0.15, 0.2) is 64.6 Å². The number of nitrogens with zero attached hydrogens (tertiary/aromatic N) is 2. The van der Waals surface area contributed by atoms with Crippen molar-refractivity contribution in [3.63, 3.8) is 0 Å². The van der Waals surface area contributed by atoms with Crippen molar-refractivity contribution in [3.8, 4) is 17.3 Å². The summed E-state index contributed by atoms with van der Waals surface area (Å²) in [5.41, 5.74) is 2.32. The van der Waals surface area contributed by atoms with Crippen LogP contribution in [-0.2, 0) is 0 Å². The van der Waals surface area contributed by atoms with E-state index in [0.29, 0.717) is 15.6 Å². The first-order chi connectivity index (χ1) is 11.3. The molecule has 0 aliphatic rings. The monoisotopic (exact) mass is 338 g/mol. The molecule has 3 rings (SSSR count). The SMILES string of the molecule is N#C/C(=C\C=C\c1ccco1)c1nc(-c2ccc(Cl)cc2)cs1. The van der Waals surface area contributed by atoms with Crippen LogP contribution in [0.5, 0.6) is 0 Å². The van der Waals surface area contributed by atoms with Gasteiger partial charge >= 0.3 is 0 Å². The highest BCUT2D eigenvalue weighted by Crippen LogP contribution is 2.27. The van der Waals surface area contributed by atoms with Crippen molar-refractivity contribution in [2.75, 3.05) is 0 Å². The minimum Gasteiger partial charge on any atom is -0.465 e. The molecule has 0 bridgehead atoms. The quantitative estimate of drug-likeness (QED) is 0.454. The van der Waals surface area contributed by atoms with Gasteiger partial charge in [-0.3, -0.25) is 0 Å². The Hall–Kier alpha value is -2.61. The molecule has 0 radical (unpaired) electrons. The lowest BCUT2D eigenvalue weighted by Crippen LogP contribution is -1.81. The highest BCUT2D eigenvalue weighted by atomic mass is 35.5. The van der Waals surface area contributed by atoms with Crippen LogP contribution >= 0.6 is 22.9 Å². The lowest BCUT2D eigenvalue weighted by molar-refractivity contribution is 0.557. The number of rotatable bonds is 4. The molecule has 0 saturated carbocycles. The van der Waals surface area contributed by atoms with E-state index in [1.165, 1.54) is 11.3 Å². The van der Waals surface area contributed by atoms with Crippen LogP contribution in [0.3, 0.4) is 0 Å². The summed E-state index contributed by atoms with van der Waals surface area (Å²) >= 11 is 7.33. The van der Waals surface area contributed by atoms with Crippen molar-refractivity contribution in [3.05, 3.63) is 76.0 Å². The van der Waals surface area contributed by atoms with Gasteiger partial charge in [0.05, 0.1) is 17.5 Å². The largest absolute Gasteiger partial charge is 0.465 e. The topological polar surface area (TPSA) is 49.8 Å². The van der Waals surface area contributed by atoms with E-state index in [-0.39, 0.29) is 0 Å². The predicted molar refractivity (Wildman–Crippen MR) is 93.9 cm³/mol. The summed E-state index contributed by atoms with van der Waals surface area (Å²) < 4.78 is 5.20. The molecule has 0 atom stereocenters. The van der Waals surface area contributed by atoms with E-state index >= 15 is 0 Å². The Bertz CT molecular complexity index is 884. The van der Waals surface area contributed by atoms with E-state index in [1.807, 2.05) is 41.8 Å². The highest BCUT2D eigenvalue weighted by molar-refractivity contribution is 7.11. The van der Waals surface area contributed by atoms with E-state index in [0.717, 1.165) is 17.0 Å². The van der Waals surface area contributed by atoms with E-state index in [9.17, 15) is 5.26 Å². The first kappa shape index (κ1) is 15.3. The van der Waals surface area contributed by atoms with Gasteiger partial charge < -0.3 is 4.42 Å². The fourth-order valence-electron chi connectivity index (χ4n) is 1.93. The van der Waals surface area contributed by atoms with Crippen molar-refractivity contribution in [1.29, 1.82) is 5.26 Å². The predicted octanol–water partition coefficient (Wildman–Crippen LogP) is 5.68. The van der Waals surface area contributed by atoms with Crippen molar-refractivity contribution < 1.29 is 4.42 Å². The zero-order valence-electron chi connectivity index (χ0n) is 11.9. The molecule has 0 saturated heterocycles. The van der Waals surface area contributed by atoms with Crippen molar-refractivity contribution in [2.45, 2.75) is 0 Å². The van der Waals surface area contributed by atoms with Gasteiger partial charge in [-0.05, 0) is 36.4 Å². The molecule has 0 unspecified atom stereocenters. The zero-order chi connectivity index (χ0) is 16.1. The molecule has 0 spiro atoms. The summed E-state index contributed by atoms with van der Waals surface area (Å²) in [6.07, 6.45) is 6.91.